The Morgan fingerprint density at radius 2 is 2.16 bits per heavy atom. The summed E-state index contributed by atoms with van der Waals surface area (Å²) in [6.45, 7) is 3.24. The molecule has 1 heterocycles. The molecule has 19 heavy (non-hydrogen) atoms. The number of methoxy groups -OCH3 is 1. The van der Waals surface area contributed by atoms with Crippen LogP contribution < -0.4 is 10.0 Å². The molecule has 0 aliphatic carbocycles. The largest absolute Gasteiger partial charge is 0.383 e. The third-order valence-corrected chi connectivity index (χ3v) is 3.77. The van der Waals surface area contributed by atoms with E-state index in [1.54, 1.807) is 25.4 Å². The van der Waals surface area contributed by atoms with Crippen LogP contribution >= 0.6 is 0 Å². The molecule has 1 rings (SSSR count). The van der Waals surface area contributed by atoms with Crippen LogP contribution in [-0.2, 0) is 14.8 Å². The van der Waals surface area contributed by atoms with Gasteiger partial charge in [0.05, 0.1) is 24.2 Å². The monoisotopic (exact) mass is 287 g/mol. The molecular weight excluding hydrogens is 266 g/mol. The van der Waals surface area contributed by atoms with Crippen LogP contribution in [0.15, 0.2) is 18.3 Å². The van der Waals surface area contributed by atoms with Crippen molar-refractivity contribution in [2.45, 2.75) is 19.8 Å². The first-order valence-electron chi connectivity index (χ1n) is 6.26. The molecule has 0 aromatic carbocycles. The molecule has 0 saturated carbocycles. The second-order valence-electron chi connectivity index (χ2n) is 4.13. The highest BCUT2D eigenvalue weighted by Crippen LogP contribution is 2.11. The third-order valence-electron chi connectivity index (χ3n) is 2.43. The van der Waals surface area contributed by atoms with Crippen LogP contribution in [0.4, 0.5) is 11.5 Å². The first-order chi connectivity index (χ1) is 9.07. The van der Waals surface area contributed by atoms with Crippen LogP contribution in [-0.4, -0.2) is 39.4 Å². The summed E-state index contributed by atoms with van der Waals surface area (Å²) in [5.41, 5.74) is 0.827. The van der Waals surface area contributed by atoms with E-state index >= 15 is 0 Å². The van der Waals surface area contributed by atoms with Crippen LogP contribution in [0.1, 0.15) is 19.8 Å². The van der Waals surface area contributed by atoms with E-state index in [0.717, 1.165) is 12.1 Å². The lowest BCUT2D eigenvalue weighted by Gasteiger charge is -2.08. The minimum Gasteiger partial charge on any atom is -0.383 e. The molecule has 0 unspecified atom stereocenters. The van der Waals surface area contributed by atoms with Gasteiger partial charge in [-0.1, -0.05) is 13.3 Å². The standard InChI is InChI=1S/C12H21N3O3S/c1-3-4-9-19(16,17)15-12-6-5-11(10-14-12)13-7-8-18-2/h5-6,10,13H,3-4,7-9H2,1-2H3,(H,14,15). The van der Waals surface area contributed by atoms with Gasteiger partial charge in [0.2, 0.25) is 10.0 Å². The van der Waals surface area contributed by atoms with Crippen LogP contribution in [0, 0.1) is 0 Å². The molecule has 6 nitrogen and oxygen atoms in total. The van der Waals surface area contributed by atoms with Crippen molar-refractivity contribution in [3.8, 4) is 0 Å². The van der Waals surface area contributed by atoms with Gasteiger partial charge in [0.1, 0.15) is 5.82 Å². The highest BCUT2D eigenvalue weighted by molar-refractivity contribution is 7.92. The highest BCUT2D eigenvalue weighted by Gasteiger charge is 2.09. The number of nitrogens with zero attached hydrogens (tertiary/aromatic N) is 1. The van der Waals surface area contributed by atoms with Gasteiger partial charge in [-0.15, -0.1) is 0 Å². The van der Waals surface area contributed by atoms with Crippen molar-refractivity contribution in [3.63, 3.8) is 0 Å². The van der Waals surface area contributed by atoms with E-state index in [-0.39, 0.29) is 5.75 Å². The normalized spacial score (nSPS) is 11.3. The maximum Gasteiger partial charge on any atom is 0.233 e. The molecule has 0 radical (unpaired) electrons. The van der Waals surface area contributed by atoms with E-state index < -0.39 is 10.0 Å². The second kappa shape index (κ2) is 7.96. The minimum atomic E-state index is -3.28. The second-order valence-corrected chi connectivity index (χ2v) is 5.97. The average molecular weight is 287 g/mol. The van der Waals surface area contributed by atoms with Gasteiger partial charge in [0.25, 0.3) is 0 Å². The zero-order valence-electron chi connectivity index (χ0n) is 11.3. The Balaban J connectivity index is 2.52. The molecule has 0 amide bonds. The lowest BCUT2D eigenvalue weighted by molar-refractivity contribution is 0.211. The van der Waals surface area contributed by atoms with Gasteiger partial charge in [0.15, 0.2) is 0 Å². The topological polar surface area (TPSA) is 80.3 Å². The number of rotatable bonds is 9. The lowest BCUT2D eigenvalue weighted by atomic mass is 10.4. The molecule has 2 N–H and O–H groups in total. The fourth-order valence-corrected chi connectivity index (χ4v) is 2.61. The Morgan fingerprint density at radius 1 is 1.37 bits per heavy atom. The van der Waals surface area contributed by atoms with Gasteiger partial charge in [-0.3, -0.25) is 4.72 Å². The number of hydrogen-bond donors (Lipinski definition) is 2. The number of pyridine rings is 1. The number of sulfonamides is 1. The maximum absolute atomic E-state index is 11.7. The van der Waals surface area contributed by atoms with Gasteiger partial charge in [-0.2, -0.15) is 0 Å². The van der Waals surface area contributed by atoms with Crippen LogP contribution in [0.5, 0.6) is 0 Å². The van der Waals surface area contributed by atoms with E-state index in [1.165, 1.54) is 0 Å². The summed E-state index contributed by atoms with van der Waals surface area (Å²) < 4.78 is 30.7. The van der Waals surface area contributed by atoms with Crippen molar-refractivity contribution in [1.29, 1.82) is 0 Å². The van der Waals surface area contributed by atoms with E-state index in [1.807, 2.05) is 6.92 Å². The molecule has 0 spiro atoms. The maximum atomic E-state index is 11.7. The van der Waals surface area contributed by atoms with Gasteiger partial charge in [-0.05, 0) is 18.6 Å². The predicted molar refractivity (Wildman–Crippen MR) is 76.9 cm³/mol. The molecule has 0 aliphatic rings. The number of aromatic nitrogens is 1. The highest BCUT2D eigenvalue weighted by atomic mass is 32.2. The Morgan fingerprint density at radius 3 is 2.74 bits per heavy atom. The van der Waals surface area contributed by atoms with Crippen molar-refractivity contribution in [1.82, 2.24) is 4.98 Å². The summed E-state index contributed by atoms with van der Waals surface area (Å²) in [6, 6.07) is 3.42. The van der Waals surface area contributed by atoms with Gasteiger partial charge in [0, 0.05) is 13.7 Å². The number of unbranched alkanes of at least 4 members (excludes halogenated alkanes) is 1. The van der Waals surface area contributed by atoms with E-state index in [0.29, 0.717) is 25.4 Å². The summed E-state index contributed by atoms with van der Waals surface area (Å²) in [5, 5.41) is 3.11. The molecule has 7 heteroatoms. The van der Waals surface area contributed by atoms with Crippen molar-refractivity contribution < 1.29 is 13.2 Å². The number of nitrogens with one attached hydrogen (secondary N) is 2. The fraction of sp³-hybridized carbons (Fsp3) is 0.583. The average Bonchev–Trinajstić information content (AvgIpc) is 2.38. The van der Waals surface area contributed by atoms with Crippen LogP contribution in [0.3, 0.4) is 0 Å². The van der Waals surface area contributed by atoms with Crippen LogP contribution in [0.25, 0.3) is 0 Å². The molecule has 0 fully saturated rings. The Hall–Kier alpha value is -1.34. The van der Waals surface area contributed by atoms with Crippen molar-refractivity contribution in [3.05, 3.63) is 18.3 Å². The van der Waals surface area contributed by atoms with E-state index in [9.17, 15) is 8.42 Å². The summed E-state index contributed by atoms with van der Waals surface area (Å²) >= 11 is 0. The quantitative estimate of drug-likeness (QED) is 0.675. The smallest absolute Gasteiger partial charge is 0.233 e. The molecule has 108 valence electrons. The number of anilines is 2. The Kier molecular flexibility index (Phi) is 6.58. The summed E-state index contributed by atoms with van der Waals surface area (Å²) in [4.78, 5) is 4.06. The first kappa shape index (κ1) is 15.7. The summed E-state index contributed by atoms with van der Waals surface area (Å²) in [5.74, 6) is 0.465. The number of ether oxygens (including phenoxy) is 1. The molecule has 1 aromatic rings. The predicted octanol–water partition coefficient (Wildman–Crippen LogP) is 1.68. The summed E-state index contributed by atoms with van der Waals surface area (Å²) in [7, 11) is -1.65. The van der Waals surface area contributed by atoms with Crippen molar-refractivity contribution in [2.24, 2.45) is 0 Å². The number of hydrogen-bond acceptors (Lipinski definition) is 5. The van der Waals surface area contributed by atoms with Crippen molar-refractivity contribution in [2.75, 3.05) is 36.1 Å². The van der Waals surface area contributed by atoms with Gasteiger partial charge in [-0.25, -0.2) is 13.4 Å². The SMILES string of the molecule is CCCCS(=O)(=O)Nc1ccc(NCCOC)cn1. The Bertz CT molecular complexity index is 460. The molecule has 1 aromatic heterocycles. The van der Waals surface area contributed by atoms with E-state index in [4.69, 9.17) is 4.74 Å². The molecule has 0 aliphatic heterocycles. The van der Waals surface area contributed by atoms with E-state index in [2.05, 4.69) is 15.0 Å². The third kappa shape index (κ3) is 6.40. The Labute approximate surface area is 114 Å². The van der Waals surface area contributed by atoms with Gasteiger partial charge < -0.3 is 10.1 Å². The fourth-order valence-electron chi connectivity index (χ4n) is 1.40. The zero-order valence-corrected chi connectivity index (χ0v) is 12.2. The zero-order chi connectivity index (χ0) is 14.1. The molecule has 0 saturated heterocycles. The molecular formula is C12H21N3O3S. The lowest BCUT2D eigenvalue weighted by Crippen LogP contribution is -2.17. The molecule has 0 atom stereocenters. The first-order valence-corrected chi connectivity index (χ1v) is 7.92. The van der Waals surface area contributed by atoms with Gasteiger partial charge >= 0.3 is 0 Å². The van der Waals surface area contributed by atoms with Crippen molar-refractivity contribution >= 4 is 21.5 Å². The summed E-state index contributed by atoms with van der Waals surface area (Å²) in [6.07, 6.45) is 3.08. The molecule has 0 bridgehead atoms. The minimum absolute atomic E-state index is 0.124. The van der Waals surface area contributed by atoms with Crippen LogP contribution in [0.2, 0.25) is 0 Å².